The highest BCUT2D eigenvalue weighted by molar-refractivity contribution is 6.08. The van der Waals surface area contributed by atoms with Gasteiger partial charge in [0.15, 0.2) is 5.82 Å². The van der Waals surface area contributed by atoms with E-state index in [9.17, 15) is 14.9 Å². The van der Waals surface area contributed by atoms with Crippen molar-refractivity contribution in [3.05, 3.63) is 81.9 Å². The van der Waals surface area contributed by atoms with Crippen molar-refractivity contribution in [2.24, 2.45) is 0 Å². The fraction of sp³-hybridized carbons (Fsp3) is 0.130. The number of carbonyl (C=O) groups is 1. The van der Waals surface area contributed by atoms with Crippen molar-refractivity contribution in [1.29, 1.82) is 0 Å². The van der Waals surface area contributed by atoms with E-state index in [2.05, 4.69) is 15.5 Å². The highest BCUT2D eigenvalue weighted by Crippen LogP contribution is 2.28. The van der Waals surface area contributed by atoms with Gasteiger partial charge in [0.2, 0.25) is 0 Å². The van der Waals surface area contributed by atoms with Crippen LogP contribution in [-0.4, -0.2) is 35.2 Å². The normalized spacial score (nSPS) is 10.6. The second-order valence-corrected chi connectivity index (χ2v) is 7.05. The third-order valence-corrected chi connectivity index (χ3v) is 4.93. The lowest BCUT2D eigenvalue weighted by Crippen LogP contribution is -2.12. The SMILES string of the molecule is COc1cc(OC)cc(C(=O)Nc2n[nH]c3ccc(OCc4ccc([N+](=O)[O-])cc4)cc23)c1. The summed E-state index contributed by atoms with van der Waals surface area (Å²) < 4.78 is 16.3. The zero-order chi connectivity index (χ0) is 23.4. The molecule has 10 heteroatoms. The zero-order valence-corrected chi connectivity index (χ0v) is 17.8. The van der Waals surface area contributed by atoms with Gasteiger partial charge in [0.25, 0.3) is 11.6 Å². The molecule has 0 unspecified atom stereocenters. The summed E-state index contributed by atoms with van der Waals surface area (Å²) in [5.74, 6) is 1.51. The number of non-ortho nitro benzene ring substituents is 1. The molecule has 1 aromatic heterocycles. The Labute approximate surface area is 188 Å². The number of carbonyl (C=O) groups excluding carboxylic acids is 1. The maximum atomic E-state index is 12.8. The second-order valence-electron chi connectivity index (χ2n) is 7.05. The number of hydrogen-bond donors (Lipinski definition) is 2. The first-order chi connectivity index (χ1) is 16.0. The minimum absolute atomic E-state index is 0.0209. The number of benzene rings is 3. The van der Waals surface area contributed by atoms with Gasteiger partial charge in [-0.25, -0.2) is 0 Å². The average Bonchev–Trinajstić information content (AvgIpc) is 3.24. The van der Waals surface area contributed by atoms with Gasteiger partial charge in [-0.3, -0.25) is 20.0 Å². The van der Waals surface area contributed by atoms with Crippen LogP contribution in [0.15, 0.2) is 60.7 Å². The molecule has 1 amide bonds. The monoisotopic (exact) mass is 448 g/mol. The smallest absolute Gasteiger partial charge is 0.269 e. The topological polar surface area (TPSA) is 129 Å². The lowest BCUT2D eigenvalue weighted by Gasteiger charge is -2.09. The Kier molecular flexibility index (Phi) is 6.07. The summed E-state index contributed by atoms with van der Waals surface area (Å²) in [4.78, 5) is 23.1. The molecule has 0 saturated carbocycles. The number of nitrogens with one attached hydrogen (secondary N) is 2. The molecule has 0 aliphatic rings. The minimum atomic E-state index is -0.450. The lowest BCUT2D eigenvalue weighted by atomic mass is 10.1. The molecular weight excluding hydrogens is 428 g/mol. The zero-order valence-electron chi connectivity index (χ0n) is 17.8. The van der Waals surface area contributed by atoms with Gasteiger partial charge in [0.05, 0.1) is 24.7 Å². The molecule has 2 N–H and O–H groups in total. The molecule has 10 nitrogen and oxygen atoms in total. The predicted molar refractivity (Wildman–Crippen MR) is 121 cm³/mol. The molecule has 0 aliphatic carbocycles. The maximum Gasteiger partial charge on any atom is 0.269 e. The molecule has 1 heterocycles. The lowest BCUT2D eigenvalue weighted by molar-refractivity contribution is -0.384. The number of ether oxygens (including phenoxy) is 3. The number of aromatic nitrogens is 2. The van der Waals surface area contributed by atoms with Gasteiger partial charge in [-0.1, -0.05) is 0 Å². The van der Waals surface area contributed by atoms with Gasteiger partial charge in [-0.15, -0.1) is 0 Å². The fourth-order valence-corrected chi connectivity index (χ4v) is 3.18. The van der Waals surface area contributed by atoms with Crippen molar-refractivity contribution >= 4 is 28.3 Å². The van der Waals surface area contributed by atoms with E-state index in [1.54, 1.807) is 48.5 Å². The minimum Gasteiger partial charge on any atom is -0.497 e. The maximum absolute atomic E-state index is 12.8. The summed E-state index contributed by atoms with van der Waals surface area (Å²) >= 11 is 0. The molecule has 0 spiro atoms. The van der Waals surface area contributed by atoms with Crippen LogP contribution in [0.25, 0.3) is 10.9 Å². The van der Waals surface area contributed by atoms with Crippen LogP contribution in [0.1, 0.15) is 15.9 Å². The molecule has 33 heavy (non-hydrogen) atoms. The Balaban J connectivity index is 1.51. The number of rotatable bonds is 8. The summed E-state index contributed by atoms with van der Waals surface area (Å²) in [6.45, 7) is 0.229. The Morgan fingerprint density at radius 2 is 1.70 bits per heavy atom. The number of anilines is 1. The van der Waals surface area contributed by atoms with Crippen LogP contribution in [0.4, 0.5) is 11.5 Å². The number of nitro groups is 1. The highest BCUT2D eigenvalue weighted by Gasteiger charge is 2.14. The van der Waals surface area contributed by atoms with E-state index in [4.69, 9.17) is 14.2 Å². The Bertz CT molecular complexity index is 1290. The number of hydrogen-bond acceptors (Lipinski definition) is 7. The summed E-state index contributed by atoms with van der Waals surface area (Å²) in [6, 6.07) is 16.3. The number of aromatic amines is 1. The summed E-state index contributed by atoms with van der Waals surface area (Å²) in [7, 11) is 3.02. The van der Waals surface area contributed by atoms with Crippen molar-refractivity contribution in [3.63, 3.8) is 0 Å². The van der Waals surface area contributed by atoms with Crippen molar-refractivity contribution in [2.75, 3.05) is 19.5 Å². The van der Waals surface area contributed by atoms with Gasteiger partial charge in [-0.05, 0) is 48.0 Å². The molecule has 0 fully saturated rings. The number of nitro benzene ring substituents is 1. The molecule has 0 aliphatic heterocycles. The number of nitrogens with zero attached hydrogens (tertiary/aromatic N) is 2. The summed E-state index contributed by atoms with van der Waals surface area (Å²) in [5, 5.41) is 21.3. The molecular formula is C23H20N4O6. The molecule has 0 radical (unpaired) electrons. The summed E-state index contributed by atoms with van der Waals surface area (Å²) in [5.41, 5.74) is 1.88. The van der Waals surface area contributed by atoms with E-state index in [0.29, 0.717) is 34.0 Å². The number of H-pyrrole nitrogens is 1. The third-order valence-electron chi connectivity index (χ3n) is 4.93. The van der Waals surface area contributed by atoms with Crippen LogP contribution in [0.3, 0.4) is 0 Å². The van der Waals surface area contributed by atoms with Crippen LogP contribution < -0.4 is 19.5 Å². The highest BCUT2D eigenvalue weighted by atomic mass is 16.6. The Morgan fingerprint density at radius 1 is 1.00 bits per heavy atom. The molecule has 4 aromatic rings. The van der Waals surface area contributed by atoms with Gasteiger partial charge in [0, 0.05) is 29.1 Å². The van der Waals surface area contributed by atoms with Gasteiger partial charge < -0.3 is 19.5 Å². The van der Waals surface area contributed by atoms with Crippen LogP contribution in [-0.2, 0) is 6.61 Å². The van der Waals surface area contributed by atoms with E-state index in [-0.39, 0.29) is 18.2 Å². The quantitative estimate of drug-likeness (QED) is 0.303. The largest absolute Gasteiger partial charge is 0.497 e. The first kappa shape index (κ1) is 21.6. The molecule has 0 atom stereocenters. The average molecular weight is 448 g/mol. The van der Waals surface area contributed by atoms with Crippen LogP contribution in [0.2, 0.25) is 0 Å². The van der Waals surface area contributed by atoms with E-state index in [0.717, 1.165) is 11.1 Å². The Hall–Kier alpha value is -4.60. The number of fused-ring (bicyclic) bond motifs is 1. The predicted octanol–water partition coefficient (Wildman–Crippen LogP) is 4.32. The van der Waals surface area contributed by atoms with Crippen molar-refractivity contribution in [3.8, 4) is 17.2 Å². The molecule has 0 saturated heterocycles. The molecule has 3 aromatic carbocycles. The van der Waals surface area contributed by atoms with Crippen LogP contribution >= 0.6 is 0 Å². The molecule has 168 valence electrons. The van der Waals surface area contributed by atoms with Gasteiger partial charge >= 0.3 is 0 Å². The van der Waals surface area contributed by atoms with Crippen LogP contribution in [0.5, 0.6) is 17.2 Å². The van der Waals surface area contributed by atoms with E-state index in [1.807, 2.05) is 0 Å². The summed E-state index contributed by atoms with van der Waals surface area (Å²) in [6.07, 6.45) is 0. The molecule has 4 rings (SSSR count). The first-order valence-electron chi connectivity index (χ1n) is 9.85. The fourth-order valence-electron chi connectivity index (χ4n) is 3.18. The second kappa shape index (κ2) is 9.27. The van der Waals surface area contributed by atoms with Crippen LogP contribution in [0, 0.1) is 10.1 Å². The van der Waals surface area contributed by atoms with Gasteiger partial charge in [0.1, 0.15) is 23.9 Å². The standard InChI is InChI=1S/C23H20N4O6/c1-31-18-9-15(10-19(11-18)32-2)23(28)24-22-20-12-17(7-8-21(20)25-26-22)33-13-14-3-5-16(6-4-14)27(29)30/h3-12H,13H2,1-2H3,(H2,24,25,26,28). The van der Waals surface area contributed by atoms with E-state index in [1.165, 1.54) is 26.4 Å². The third kappa shape index (κ3) is 4.85. The number of amides is 1. The van der Waals surface area contributed by atoms with E-state index >= 15 is 0 Å². The van der Waals surface area contributed by atoms with Crippen molar-refractivity contribution in [2.45, 2.75) is 6.61 Å². The Morgan fingerprint density at radius 3 is 2.33 bits per heavy atom. The van der Waals surface area contributed by atoms with Crippen molar-refractivity contribution in [1.82, 2.24) is 10.2 Å². The first-order valence-corrected chi connectivity index (χ1v) is 9.85. The van der Waals surface area contributed by atoms with Gasteiger partial charge in [-0.2, -0.15) is 5.10 Å². The van der Waals surface area contributed by atoms with E-state index < -0.39 is 4.92 Å². The van der Waals surface area contributed by atoms with Crippen molar-refractivity contribution < 1.29 is 23.9 Å². The number of methoxy groups -OCH3 is 2. The molecule has 0 bridgehead atoms.